The van der Waals surface area contributed by atoms with Gasteiger partial charge in [-0.3, -0.25) is 0 Å². The molecule has 0 saturated heterocycles. The Morgan fingerprint density at radius 2 is 1.00 bits per heavy atom. The van der Waals surface area contributed by atoms with Gasteiger partial charge < -0.3 is 0 Å². The van der Waals surface area contributed by atoms with Crippen molar-refractivity contribution in [2.24, 2.45) is 0 Å². The fourth-order valence-corrected chi connectivity index (χ4v) is 0. The number of hydrogen-bond acceptors (Lipinski definition) is 0. The molecule has 0 saturated carbocycles. The van der Waals surface area contributed by atoms with Gasteiger partial charge in [0.05, 0.1) is 0 Å². The van der Waals surface area contributed by atoms with E-state index in [9.17, 15) is 0 Å². The predicted molar refractivity (Wildman–Crippen MR) is 0 cm³/mol. The molecule has 0 aromatic heterocycles. The summed E-state index contributed by atoms with van der Waals surface area (Å²) in [5.74, 6) is 0. The summed E-state index contributed by atoms with van der Waals surface area (Å²) in [7, 11) is 0. The van der Waals surface area contributed by atoms with Gasteiger partial charge >= 0.3 is 0 Å². The van der Waals surface area contributed by atoms with Crippen molar-refractivity contribution in [2.45, 2.75) is 0 Å². The van der Waals surface area contributed by atoms with Crippen molar-refractivity contribution in [1.82, 2.24) is 0 Å². The van der Waals surface area contributed by atoms with Gasteiger partial charge in [-0.25, -0.2) is 0 Å². The van der Waals surface area contributed by atoms with Crippen LogP contribution in [0.3, 0.4) is 0 Å². The Balaban J connectivity index is 0. The van der Waals surface area contributed by atoms with Crippen LogP contribution >= 0.6 is 0 Å². The molecule has 0 bridgehead atoms. The van der Waals surface area contributed by atoms with Crippen LogP contribution in [0.15, 0.2) is 0 Å². The van der Waals surface area contributed by atoms with Crippen LogP contribution in [0.5, 0.6) is 0 Å². The zero-order valence-electron chi connectivity index (χ0n) is 2.12. The fourth-order valence-electron chi connectivity index (χ4n) is 0. The van der Waals surface area contributed by atoms with Crippen molar-refractivity contribution in [2.75, 3.05) is 0 Å². The average molecular weight is 522 g/mol. The van der Waals surface area contributed by atoms with E-state index in [1.165, 1.54) is 0 Å². The quantitative estimate of drug-likeness (QED) is 0.393. The third-order valence-corrected chi connectivity index (χ3v) is 0. The zero-order valence-corrected chi connectivity index (χ0v) is 12.2. The van der Waals surface area contributed by atoms with Gasteiger partial charge in [-0.2, -0.15) is 0 Å². The van der Waals surface area contributed by atoms with Crippen molar-refractivity contribution in [3.8, 4) is 0 Å². The Morgan fingerprint density at radius 3 is 1.00 bits per heavy atom. The molecule has 0 unspecified atom stereocenters. The summed E-state index contributed by atoms with van der Waals surface area (Å²) >= 11 is 0. The Hall–Kier alpha value is 3.22. The van der Waals surface area contributed by atoms with Crippen molar-refractivity contribution in [1.29, 1.82) is 0 Å². The fraction of sp³-hybridized carbons (Fsp3) is 0. The predicted octanol–water partition coefficient (Wildman–Crippen LogP) is -0.0125. The van der Waals surface area contributed by atoms with E-state index in [4.69, 9.17) is 0 Å². The molecular weight excluding hydrogens is 522 g/mol. The first-order chi connectivity index (χ1) is 0. The topological polar surface area (TPSA) is 0 Å². The van der Waals surface area contributed by atoms with E-state index in [1.54, 1.807) is 0 Å². The molecule has 0 heterocycles. The Kier molecular flexibility index (Phi) is 223. The molecule has 0 aliphatic carbocycles. The Labute approximate surface area is 98.5 Å². The van der Waals surface area contributed by atoms with Gasteiger partial charge in [0.15, 0.2) is 0 Å². The van der Waals surface area contributed by atoms with Crippen LogP contribution in [0.1, 0.15) is 0 Å². The molecule has 0 amide bonds. The minimum atomic E-state index is 0. The van der Waals surface area contributed by atoms with Gasteiger partial charge in [0.2, 0.25) is 0 Å². The van der Waals surface area contributed by atoms with Crippen LogP contribution in [0, 0.1) is 0 Å². The van der Waals surface area contributed by atoms with Crippen LogP contribution in [0.25, 0.3) is 0 Å². The molecule has 0 aliphatic rings. The number of rotatable bonds is 0. The maximum absolute atomic E-state index is 0. The summed E-state index contributed by atoms with van der Waals surface area (Å²) in [5, 5.41) is 0. The van der Waals surface area contributed by atoms with Gasteiger partial charge in [-0.1, -0.05) is 0 Å². The van der Waals surface area contributed by atoms with E-state index in [1.807, 2.05) is 0 Å². The summed E-state index contributed by atoms with van der Waals surface area (Å²) in [4.78, 5) is 0. The first kappa shape index (κ1) is 41.3. The molecule has 30 valence electrons. The van der Waals surface area contributed by atoms with Gasteiger partial charge in [-0.15, -0.1) is 0 Å². The second kappa shape index (κ2) is 26.9. The summed E-state index contributed by atoms with van der Waals surface area (Å²) < 4.78 is 0. The molecule has 0 rings (SSSR count). The van der Waals surface area contributed by atoms with Crippen LogP contribution < -0.4 is 0 Å². The SMILES string of the molecule is [Ni].[Ta].[Ti].[V].[W]. The molecule has 0 fully saturated rings. The van der Waals surface area contributed by atoms with Crippen LogP contribution in [-0.2, 0) is 100 Å². The summed E-state index contributed by atoms with van der Waals surface area (Å²) in [6, 6.07) is 0. The van der Waals surface area contributed by atoms with Crippen LogP contribution in [-0.4, -0.2) is 0 Å². The van der Waals surface area contributed by atoms with Gasteiger partial charge in [0, 0.05) is 100 Å². The van der Waals surface area contributed by atoms with Crippen molar-refractivity contribution in [3.05, 3.63) is 0 Å². The van der Waals surface area contributed by atoms with E-state index in [2.05, 4.69) is 0 Å². The molecule has 2 radical (unpaired) electrons. The molecule has 0 aromatic carbocycles. The normalized spacial score (nSPS) is 0. The minimum Gasteiger partial charge on any atom is 0 e. The Morgan fingerprint density at radius 1 is 1.00 bits per heavy atom. The average Bonchev–Trinajstić information content (AvgIpc) is 0. The molecule has 0 spiro atoms. The molecule has 0 aromatic rings. The monoisotopic (exact) mass is 522 g/mol. The second-order valence-electron chi connectivity index (χ2n) is 0. The molecule has 5 heteroatoms. The van der Waals surface area contributed by atoms with Crippen molar-refractivity contribution >= 4 is 0 Å². The standard InChI is InChI=1S/Ni.Ta.Ti.V.W. The van der Waals surface area contributed by atoms with E-state index >= 15 is 0 Å². The summed E-state index contributed by atoms with van der Waals surface area (Å²) in [6.45, 7) is 0. The van der Waals surface area contributed by atoms with Crippen molar-refractivity contribution in [3.63, 3.8) is 0 Å². The summed E-state index contributed by atoms with van der Waals surface area (Å²) in [6.07, 6.45) is 0. The van der Waals surface area contributed by atoms with E-state index in [0.29, 0.717) is 0 Å². The maximum atomic E-state index is 0. The number of hydrogen-bond donors (Lipinski definition) is 0. The molecule has 0 nitrogen and oxygen atoms in total. The van der Waals surface area contributed by atoms with Gasteiger partial charge in [0.25, 0.3) is 0 Å². The summed E-state index contributed by atoms with van der Waals surface area (Å²) in [5.41, 5.74) is 0. The molecule has 0 N–H and O–H groups in total. The molecular formula is NiTaTiVW. The molecule has 0 aliphatic heterocycles. The molecule has 5 heavy (non-hydrogen) atoms. The van der Waals surface area contributed by atoms with Crippen LogP contribution in [0.4, 0.5) is 0 Å². The third-order valence-electron chi connectivity index (χ3n) is 0. The first-order valence-electron chi connectivity index (χ1n) is 0. The minimum absolute atomic E-state index is 0. The second-order valence-corrected chi connectivity index (χ2v) is 0. The third kappa shape index (κ3) is 19.0. The van der Waals surface area contributed by atoms with Gasteiger partial charge in [0.1, 0.15) is 0 Å². The first-order valence-corrected chi connectivity index (χ1v) is 0. The zero-order chi connectivity index (χ0) is 0. The smallest absolute Gasteiger partial charge is 0 e. The van der Waals surface area contributed by atoms with Gasteiger partial charge in [-0.05, 0) is 0 Å². The van der Waals surface area contributed by atoms with E-state index in [-0.39, 0.29) is 100 Å². The molecule has 0 atom stereocenters. The van der Waals surface area contributed by atoms with E-state index < -0.39 is 0 Å². The largest absolute Gasteiger partial charge is 0 e. The van der Waals surface area contributed by atoms with E-state index in [0.717, 1.165) is 0 Å². The van der Waals surface area contributed by atoms with Crippen LogP contribution in [0.2, 0.25) is 0 Å². The maximum Gasteiger partial charge on any atom is 0 e. The Bertz CT molecular complexity index is 11.6. The van der Waals surface area contributed by atoms with Crippen molar-refractivity contribution < 1.29 is 100 Å².